The minimum absolute atomic E-state index is 0.307. The average Bonchev–Trinajstić information content (AvgIpc) is 2.39. The maximum atomic E-state index is 5.67. The average molecular weight is 334 g/mol. The SMILES string of the molecule is NNC(Cc1ccc(Br)cn1)C1CSCCS1. The van der Waals surface area contributed by atoms with E-state index in [2.05, 4.69) is 32.4 Å². The molecular formula is C11H16BrN3S2. The quantitative estimate of drug-likeness (QED) is 0.652. The van der Waals surface area contributed by atoms with Gasteiger partial charge in [0, 0.05) is 51.3 Å². The van der Waals surface area contributed by atoms with Crippen LogP contribution in [-0.2, 0) is 6.42 Å². The number of rotatable bonds is 4. The summed E-state index contributed by atoms with van der Waals surface area (Å²) in [7, 11) is 0. The molecule has 2 unspecified atom stereocenters. The van der Waals surface area contributed by atoms with Crippen molar-refractivity contribution in [2.45, 2.75) is 17.7 Å². The molecule has 6 heteroatoms. The highest BCUT2D eigenvalue weighted by molar-refractivity contribution is 9.10. The first-order valence-corrected chi connectivity index (χ1v) is 8.55. The number of aromatic nitrogens is 1. The van der Waals surface area contributed by atoms with E-state index in [0.717, 1.165) is 16.6 Å². The Kier molecular flexibility index (Phi) is 5.62. The van der Waals surface area contributed by atoms with E-state index in [-0.39, 0.29) is 0 Å². The molecule has 1 aromatic rings. The number of hydrogen-bond donors (Lipinski definition) is 2. The van der Waals surface area contributed by atoms with Gasteiger partial charge in [-0.1, -0.05) is 0 Å². The van der Waals surface area contributed by atoms with Gasteiger partial charge in [0.25, 0.3) is 0 Å². The van der Waals surface area contributed by atoms with E-state index in [0.29, 0.717) is 11.3 Å². The number of pyridine rings is 1. The third-order valence-corrected chi connectivity index (χ3v) is 6.11. The maximum absolute atomic E-state index is 5.67. The molecule has 0 aromatic carbocycles. The first kappa shape index (κ1) is 13.7. The molecule has 0 aliphatic carbocycles. The summed E-state index contributed by atoms with van der Waals surface area (Å²) in [6.07, 6.45) is 2.73. The lowest BCUT2D eigenvalue weighted by atomic mass is 10.1. The highest BCUT2D eigenvalue weighted by atomic mass is 79.9. The fourth-order valence-electron chi connectivity index (χ4n) is 1.79. The van der Waals surface area contributed by atoms with Gasteiger partial charge in [0.2, 0.25) is 0 Å². The molecule has 0 amide bonds. The summed E-state index contributed by atoms with van der Waals surface area (Å²) < 4.78 is 1.01. The van der Waals surface area contributed by atoms with E-state index in [1.807, 2.05) is 35.8 Å². The van der Waals surface area contributed by atoms with Crippen molar-refractivity contribution in [2.75, 3.05) is 17.3 Å². The summed E-state index contributed by atoms with van der Waals surface area (Å²) in [5.74, 6) is 9.33. The number of thioether (sulfide) groups is 2. The van der Waals surface area contributed by atoms with Crippen molar-refractivity contribution in [3.05, 3.63) is 28.5 Å². The molecule has 0 radical (unpaired) electrons. The standard InChI is InChI=1S/C11H16BrN3S2/c12-8-1-2-9(14-6-8)5-10(15-13)11-7-16-3-4-17-11/h1-2,6,10-11,15H,3-5,7,13H2. The molecule has 1 saturated heterocycles. The molecule has 3 nitrogen and oxygen atoms in total. The molecule has 3 N–H and O–H groups in total. The molecule has 0 saturated carbocycles. The Labute approximate surface area is 119 Å². The predicted molar refractivity (Wildman–Crippen MR) is 80.3 cm³/mol. The Morgan fingerprint density at radius 2 is 2.41 bits per heavy atom. The van der Waals surface area contributed by atoms with Gasteiger partial charge in [0.05, 0.1) is 0 Å². The Bertz CT molecular complexity index is 341. The van der Waals surface area contributed by atoms with Gasteiger partial charge in [-0.05, 0) is 28.1 Å². The highest BCUT2D eigenvalue weighted by Crippen LogP contribution is 2.27. The zero-order valence-electron chi connectivity index (χ0n) is 9.43. The number of nitrogens with zero attached hydrogens (tertiary/aromatic N) is 1. The first-order valence-electron chi connectivity index (χ1n) is 5.55. The normalized spacial score (nSPS) is 22.4. The van der Waals surface area contributed by atoms with Crippen molar-refractivity contribution >= 4 is 39.5 Å². The third kappa shape index (κ3) is 4.13. The van der Waals surface area contributed by atoms with Crippen LogP contribution in [0.4, 0.5) is 0 Å². The maximum Gasteiger partial charge on any atom is 0.0420 e. The Morgan fingerprint density at radius 1 is 1.53 bits per heavy atom. The van der Waals surface area contributed by atoms with E-state index >= 15 is 0 Å². The fraction of sp³-hybridized carbons (Fsp3) is 0.545. The van der Waals surface area contributed by atoms with Gasteiger partial charge < -0.3 is 0 Å². The first-order chi connectivity index (χ1) is 8.29. The van der Waals surface area contributed by atoms with E-state index in [1.165, 1.54) is 17.3 Å². The van der Waals surface area contributed by atoms with Crippen LogP contribution >= 0.6 is 39.5 Å². The third-order valence-electron chi connectivity index (χ3n) is 2.72. The summed E-state index contributed by atoms with van der Waals surface area (Å²) in [5.41, 5.74) is 4.04. The van der Waals surface area contributed by atoms with Crippen LogP contribution in [0.25, 0.3) is 0 Å². The molecule has 17 heavy (non-hydrogen) atoms. The van der Waals surface area contributed by atoms with Gasteiger partial charge in [-0.15, -0.1) is 0 Å². The van der Waals surface area contributed by atoms with Crippen LogP contribution in [0, 0.1) is 0 Å². The number of nitrogens with one attached hydrogen (secondary N) is 1. The highest BCUT2D eigenvalue weighted by Gasteiger charge is 2.24. The number of hydrazine groups is 1. The van der Waals surface area contributed by atoms with Crippen LogP contribution in [0.1, 0.15) is 5.69 Å². The predicted octanol–water partition coefficient (Wildman–Crippen LogP) is 2.07. The van der Waals surface area contributed by atoms with Gasteiger partial charge in [-0.2, -0.15) is 23.5 Å². The summed E-state index contributed by atoms with van der Waals surface area (Å²) in [5, 5.41) is 0.587. The molecule has 0 spiro atoms. The second kappa shape index (κ2) is 6.99. The van der Waals surface area contributed by atoms with Crippen molar-refractivity contribution in [1.82, 2.24) is 10.4 Å². The van der Waals surface area contributed by atoms with Crippen molar-refractivity contribution < 1.29 is 0 Å². The zero-order valence-corrected chi connectivity index (χ0v) is 12.7. The van der Waals surface area contributed by atoms with Gasteiger partial charge in [-0.25, -0.2) is 0 Å². The van der Waals surface area contributed by atoms with Crippen LogP contribution in [0.15, 0.2) is 22.8 Å². The number of halogens is 1. The number of nitrogens with two attached hydrogens (primary N) is 1. The summed E-state index contributed by atoms with van der Waals surface area (Å²) in [4.78, 5) is 4.40. The van der Waals surface area contributed by atoms with Gasteiger partial charge >= 0.3 is 0 Å². The molecule has 1 aromatic heterocycles. The molecule has 2 heterocycles. The summed E-state index contributed by atoms with van der Waals surface area (Å²) in [6.45, 7) is 0. The second-order valence-electron chi connectivity index (χ2n) is 3.93. The topological polar surface area (TPSA) is 50.9 Å². The van der Waals surface area contributed by atoms with Gasteiger partial charge in [0.15, 0.2) is 0 Å². The Balaban J connectivity index is 1.96. The Hall–Kier alpha value is 0.250. The number of hydrogen-bond acceptors (Lipinski definition) is 5. The van der Waals surface area contributed by atoms with Crippen molar-refractivity contribution in [1.29, 1.82) is 0 Å². The van der Waals surface area contributed by atoms with Crippen molar-refractivity contribution in [2.24, 2.45) is 5.84 Å². The van der Waals surface area contributed by atoms with Crippen molar-refractivity contribution in [3.8, 4) is 0 Å². The van der Waals surface area contributed by atoms with Crippen LogP contribution in [0.5, 0.6) is 0 Å². The van der Waals surface area contributed by atoms with E-state index in [4.69, 9.17) is 5.84 Å². The minimum atomic E-state index is 0.307. The van der Waals surface area contributed by atoms with Gasteiger partial charge in [0.1, 0.15) is 0 Å². The smallest absolute Gasteiger partial charge is 0.0420 e. The van der Waals surface area contributed by atoms with Crippen LogP contribution in [0.3, 0.4) is 0 Å². The summed E-state index contributed by atoms with van der Waals surface area (Å²) >= 11 is 7.43. The lowest BCUT2D eigenvalue weighted by molar-refractivity contribution is 0.518. The molecule has 1 aliphatic rings. The van der Waals surface area contributed by atoms with E-state index < -0.39 is 0 Å². The fourth-order valence-corrected chi connectivity index (χ4v) is 4.89. The Morgan fingerprint density at radius 3 is 3.00 bits per heavy atom. The minimum Gasteiger partial charge on any atom is -0.271 e. The molecule has 2 rings (SSSR count). The lowest BCUT2D eigenvalue weighted by Gasteiger charge is -2.28. The molecule has 0 bridgehead atoms. The largest absolute Gasteiger partial charge is 0.271 e. The molecule has 1 fully saturated rings. The summed E-state index contributed by atoms with van der Waals surface area (Å²) in [6, 6.07) is 4.38. The lowest BCUT2D eigenvalue weighted by Crippen LogP contribution is -2.46. The molecule has 94 valence electrons. The van der Waals surface area contributed by atoms with Crippen LogP contribution < -0.4 is 11.3 Å². The van der Waals surface area contributed by atoms with Crippen LogP contribution in [-0.4, -0.2) is 33.5 Å². The molecular weight excluding hydrogens is 318 g/mol. The zero-order chi connectivity index (χ0) is 12.1. The van der Waals surface area contributed by atoms with Gasteiger partial charge in [-0.3, -0.25) is 16.3 Å². The monoisotopic (exact) mass is 333 g/mol. The van der Waals surface area contributed by atoms with Crippen LogP contribution in [0.2, 0.25) is 0 Å². The molecule has 2 atom stereocenters. The van der Waals surface area contributed by atoms with E-state index in [1.54, 1.807) is 0 Å². The second-order valence-corrected chi connectivity index (χ2v) is 7.34. The van der Waals surface area contributed by atoms with Crippen molar-refractivity contribution in [3.63, 3.8) is 0 Å². The van der Waals surface area contributed by atoms with E-state index in [9.17, 15) is 0 Å². The molecule has 1 aliphatic heterocycles.